The van der Waals surface area contributed by atoms with Crippen LogP contribution in [0.25, 0.3) is 0 Å². The number of hydrogen-bond donors (Lipinski definition) is 2. The molecule has 0 aliphatic carbocycles. The highest BCUT2D eigenvalue weighted by molar-refractivity contribution is 5.75. The van der Waals surface area contributed by atoms with E-state index in [4.69, 9.17) is 0 Å². The van der Waals surface area contributed by atoms with Crippen LogP contribution in [-0.2, 0) is 0 Å². The summed E-state index contributed by atoms with van der Waals surface area (Å²) >= 11 is 0. The van der Waals surface area contributed by atoms with Crippen LogP contribution in [-0.4, -0.2) is 41.3 Å². The molecule has 1 heterocycles. The first-order chi connectivity index (χ1) is 6.14. The van der Waals surface area contributed by atoms with E-state index in [2.05, 4.69) is 5.32 Å². The second-order valence-electron chi connectivity index (χ2n) is 3.75. The number of aliphatic hydroxyl groups is 1. The minimum atomic E-state index is -0.348. The Bertz CT molecular complexity index is 196. The van der Waals surface area contributed by atoms with Crippen molar-refractivity contribution in [2.24, 2.45) is 0 Å². The van der Waals surface area contributed by atoms with Gasteiger partial charge in [0.15, 0.2) is 0 Å². The minimum Gasteiger partial charge on any atom is -0.394 e. The zero-order chi connectivity index (χ0) is 9.90. The van der Waals surface area contributed by atoms with Crippen LogP contribution >= 0.6 is 0 Å². The van der Waals surface area contributed by atoms with E-state index >= 15 is 0 Å². The Hall–Kier alpha value is -0.770. The van der Waals surface area contributed by atoms with Crippen molar-refractivity contribution in [2.45, 2.75) is 32.2 Å². The molecule has 0 aromatic carbocycles. The smallest absolute Gasteiger partial charge is 0.317 e. The number of carbonyl (C=O) groups excluding carboxylic acids is 1. The van der Waals surface area contributed by atoms with E-state index in [1.807, 2.05) is 13.8 Å². The predicted molar refractivity (Wildman–Crippen MR) is 50.5 cm³/mol. The SMILES string of the molecule is CCNC(=O)N1CCCC1(C)CO. The number of carbonyl (C=O) groups is 1. The molecule has 4 nitrogen and oxygen atoms in total. The standard InChI is InChI=1S/C9H18N2O2/c1-3-10-8(13)11-6-4-5-9(11,2)7-12/h12H,3-7H2,1-2H3,(H,10,13). The second-order valence-corrected chi connectivity index (χ2v) is 3.75. The summed E-state index contributed by atoms with van der Waals surface area (Å²) in [4.78, 5) is 13.3. The Morgan fingerprint density at radius 1 is 1.69 bits per heavy atom. The van der Waals surface area contributed by atoms with Crippen LogP contribution in [0.2, 0.25) is 0 Å². The lowest BCUT2D eigenvalue weighted by atomic mass is 10.0. The largest absolute Gasteiger partial charge is 0.394 e. The maximum Gasteiger partial charge on any atom is 0.317 e. The van der Waals surface area contributed by atoms with Crippen molar-refractivity contribution in [3.05, 3.63) is 0 Å². The van der Waals surface area contributed by atoms with Gasteiger partial charge in [-0.2, -0.15) is 0 Å². The molecule has 2 amide bonds. The highest BCUT2D eigenvalue weighted by Gasteiger charge is 2.38. The van der Waals surface area contributed by atoms with E-state index in [1.54, 1.807) is 4.90 Å². The average molecular weight is 186 g/mol. The van der Waals surface area contributed by atoms with Gasteiger partial charge in [0, 0.05) is 13.1 Å². The minimum absolute atomic E-state index is 0.0458. The maximum atomic E-state index is 11.5. The molecule has 1 atom stereocenters. The molecule has 1 fully saturated rings. The summed E-state index contributed by atoms with van der Waals surface area (Å²) in [5.74, 6) is 0. The molecule has 0 bridgehead atoms. The Kier molecular flexibility index (Phi) is 3.14. The predicted octanol–water partition coefficient (Wildman–Crippen LogP) is 0.563. The number of urea groups is 1. The number of amides is 2. The van der Waals surface area contributed by atoms with Gasteiger partial charge in [0.25, 0.3) is 0 Å². The van der Waals surface area contributed by atoms with Crippen LogP contribution in [0.4, 0.5) is 4.79 Å². The van der Waals surface area contributed by atoms with E-state index in [9.17, 15) is 9.90 Å². The normalized spacial score (nSPS) is 27.8. The molecular formula is C9H18N2O2. The van der Waals surface area contributed by atoms with Crippen molar-refractivity contribution in [3.63, 3.8) is 0 Å². The van der Waals surface area contributed by atoms with Crippen LogP contribution in [0.5, 0.6) is 0 Å². The van der Waals surface area contributed by atoms with Gasteiger partial charge in [0.1, 0.15) is 0 Å². The number of hydrogen-bond acceptors (Lipinski definition) is 2. The zero-order valence-electron chi connectivity index (χ0n) is 8.34. The number of nitrogens with zero attached hydrogens (tertiary/aromatic N) is 1. The van der Waals surface area contributed by atoms with E-state index in [-0.39, 0.29) is 18.2 Å². The molecule has 0 aromatic heterocycles. The maximum absolute atomic E-state index is 11.5. The van der Waals surface area contributed by atoms with Gasteiger partial charge < -0.3 is 15.3 Å². The van der Waals surface area contributed by atoms with Gasteiger partial charge in [-0.25, -0.2) is 4.79 Å². The molecule has 0 saturated carbocycles. The van der Waals surface area contributed by atoms with Crippen molar-refractivity contribution in [3.8, 4) is 0 Å². The highest BCUT2D eigenvalue weighted by Crippen LogP contribution is 2.27. The molecule has 1 aliphatic rings. The Labute approximate surface area is 78.9 Å². The Morgan fingerprint density at radius 3 is 2.92 bits per heavy atom. The van der Waals surface area contributed by atoms with Crippen molar-refractivity contribution in [2.75, 3.05) is 19.7 Å². The first kappa shape index (κ1) is 10.3. The summed E-state index contributed by atoms with van der Waals surface area (Å²) in [6, 6.07) is -0.0587. The van der Waals surface area contributed by atoms with Gasteiger partial charge in [-0.3, -0.25) is 0 Å². The molecule has 0 aromatic rings. The molecule has 2 N–H and O–H groups in total. The lowest BCUT2D eigenvalue weighted by molar-refractivity contribution is 0.0977. The molecule has 1 rings (SSSR count). The van der Waals surface area contributed by atoms with Crippen molar-refractivity contribution < 1.29 is 9.90 Å². The third-order valence-corrected chi connectivity index (χ3v) is 2.66. The van der Waals surface area contributed by atoms with E-state index in [0.29, 0.717) is 6.54 Å². The van der Waals surface area contributed by atoms with Gasteiger partial charge in [0.05, 0.1) is 12.1 Å². The fourth-order valence-electron chi connectivity index (χ4n) is 1.78. The molecule has 1 saturated heterocycles. The summed E-state index contributed by atoms with van der Waals surface area (Å²) in [6.07, 6.45) is 1.87. The van der Waals surface area contributed by atoms with Crippen molar-refractivity contribution in [1.29, 1.82) is 0 Å². The van der Waals surface area contributed by atoms with E-state index < -0.39 is 0 Å². The fraction of sp³-hybridized carbons (Fsp3) is 0.889. The lowest BCUT2D eigenvalue weighted by Gasteiger charge is -2.33. The third-order valence-electron chi connectivity index (χ3n) is 2.66. The van der Waals surface area contributed by atoms with E-state index in [0.717, 1.165) is 19.4 Å². The monoisotopic (exact) mass is 186 g/mol. The lowest BCUT2D eigenvalue weighted by Crippen LogP contribution is -2.51. The molecule has 76 valence electrons. The zero-order valence-corrected chi connectivity index (χ0v) is 8.34. The number of aliphatic hydroxyl groups excluding tert-OH is 1. The average Bonchev–Trinajstić information content (AvgIpc) is 2.49. The molecule has 0 radical (unpaired) electrons. The van der Waals surface area contributed by atoms with Gasteiger partial charge in [-0.15, -0.1) is 0 Å². The quantitative estimate of drug-likeness (QED) is 0.662. The van der Waals surface area contributed by atoms with Crippen LogP contribution < -0.4 is 5.32 Å². The number of nitrogens with one attached hydrogen (secondary N) is 1. The summed E-state index contributed by atoms with van der Waals surface area (Å²) in [5.41, 5.74) is -0.348. The topological polar surface area (TPSA) is 52.6 Å². The fourth-order valence-corrected chi connectivity index (χ4v) is 1.78. The molecular weight excluding hydrogens is 168 g/mol. The summed E-state index contributed by atoms with van der Waals surface area (Å²) in [7, 11) is 0. The van der Waals surface area contributed by atoms with Crippen LogP contribution in [0, 0.1) is 0 Å². The molecule has 0 spiro atoms. The molecule has 4 heteroatoms. The van der Waals surface area contributed by atoms with Crippen LogP contribution in [0.1, 0.15) is 26.7 Å². The molecule has 1 aliphatic heterocycles. The molecule has 13 heavy (non-hydrogen) atoms. The third kappa shape index (κ3) is 1.94. The first-order valence-corrected chi connectivity index (χ1v) is 4.80. The Morgan fingerprint density at radius 2 is 2.38 bits per heavy atom. The van der Waals surface area contributed by atoms with Gasteiger partial charge >= 0.3 is 6.03 Å². The molecule has 1 unspecified atom stereocenters. The van der Waals surface area contributed by atoms with Crippen LogP contribution in [0.15, 0.2) is 0 Å². The number of likely N-dealkylation sites (tertiary alicyclic amines) is 1. The first-order valence-electron chi connectivity index (χ1n) is 4.80. The summed E-state index contributed by atoms with van der Waals surface area (Å²) in [5, 5.41) is 11.9. The van der Waals surface area contributed by atoms with Crippen molar-refractivity contribution >= 4 is 6.03 Å². The second kappa shape index (κ2) is 3.96. The van der Waals surface area contributed by atoms with Gasteiger partial charge in [0.2, 0.25) is 0 Å². The van der Waals surface area contributed by atoms with Gasteiger partial charge in [-0.1, -0.05) is 0 Å². The number of rotatable bonds is 2. The van der Waals surface area contributed by atoms with Gasteiger partial charge in [-0.05, 0) is 26.7 Å². The van der Waals surface area contributed by atoms with Crippen molar-refractivity contribution in [1.82, 2.24) is 10.2 Å². The van der Waals surface area contributed by atoms with Crippen LogP contribution in [0.3, 0.4) is 0 Å². The van der Waals surface area contributed by atoms with E-state index in [1.165, 1.54) is 0 Å². The Balaban J connectivity index is 2.62. The summed E-state index contributed by atoms with van der Waals surface area (Å²) < 4.78 is 0. The highest BCUT2D eigenvalue weighted by atomic mass is 16.3. The summed E-state index contributed by atoms with van der Waals surface area (Å²) in [6.45, 7) is 5.25.